The molecule has 0 saturated carbocycles. The molecular formula is C18H24N2O. The molecule has 1 heterocycles. The van der Waals surface area contributed by atoms with Crippen LogP contribution in [0.4, 0.5) is 0 Å². The summed E-state index contributed by atoms with van der Waals surface area (Å²) in [4.78, 5) is 4.58. The maximum atomic E-state index is 6.06. The molecule has 112 valence electrons. The lowest BCUT2D eigenvalue weighted by Crippen LogP contribution is -2.14. The van der Waals surface area contributed by atoms with Crippen LogP contribution < -0.4 is 10.1 Å². The molecular weight excluding hydrogens is 260 g/mol. The maximum absolute atomic E-state index is 6.06. The van der Waals surface area contributed by atoms with Crippen LogP contribution in [0.5, 0.6) is 11.6 Å². The molecule has 0 aliphatic carbocycles. The minimum Gasteiger partial charge on any atom is -0.439 e. The van der Waals surface area contributed by atoms with E-state index in [0.717, 1.165) is 36.5 Å². The Kier molecular flexibility index (Phi) is 5.34. The van der Waals surface area contributed by atoms with E-state index in [1.807, 2.05) is 19.1 Å². The van der Waals surface area contributed by atoms with Crippen molar-refractivity contribution in [3.05, 3.63) is 52.7 Å². The highest BCUT2D eigenvalue weighted by atomic mass is 16.5. The third-order valence-electron chi connectivity index (χ3n) is 3.51. The second-order valence-electron chi connectivity index (χ2n) is 5.25. The third kappa shape index (κ3) is 4.05. The van der Waals surface area contributed by atoms with Crippen LogP contribution in [0.2, 0.25) is 0 Å². The summed E-state index contributed by atoms with van der Waals surface area (Å²) in [5, 5.41) is 3.35. The van der Waals surface area contributed by atoms with Crippen molar-refractivity contribution in [3.8, 4) is 11.6 Å². The molecule has 0 unspecified atom stereocenters. The highest BCUT2D eigenvalue weighted by molar-refractivity contribution is 5.39. The molecule has 0 bridgehead atoms. The molecule has 0 atom stereocenters. The van der Waals surface area contributed by atoms with Gasteiger partial charge < -0.3 is 10.1 Å². The van der Waals surface area contributed by atoms with Crippen molar-refractivity contribution >= 4 is 0 Å². The Balaban J connectivity index is 2.32. The molecule has 0 spiro atoms. The van der Waals surface area contributed by atoms with Crippen LogP contribution in [-0.4, -0.2) is 11.5 Å². The lowest BCUT2D eigenvalue weighted by Gasteiger charge is -2.14. The van der Waals surface area contributed by atoms with E-state index in [4.69, 9.17) is 4.74 Å². The number of ether oxygens (including phenoxy) is 1. The van der Waals surface area contributed by atoms with Crippen LogP contribution in [0.1, 0.15) is 36.2 Å². The molecule has 0 fully saturated rings. The summed E-state index contributed by atoms with van der Waals surface area (Å²) < 4.78 is 6.06. The standard InChI is InChI=1S/C18H24N2O/c1-5-15-8-7-9-16(11-15)21-18-17(12-19-6-2)13(3)10-14(4)20-18/h7-11,19H,5-6,12H2,1-4H3. The first-order chi connectivity index (χ1) is 10.1. The van der Waals surface area contributed by atoms with E-state index in [9.17, 15) is 0 Å². The van der Waals surface area contributed by atoms with Gasteiger partial charge in [-0.15, -0.1) is 0 Å². The van der Waals surface area contributed by atoms with Gasteiger partial charge in [-0.25, -0.2) is 4.98 Å². The molecule has 3 heteroatoms. The van der Waals surface area contributed by atoms with Crippen molar-refractivity contribution in [1.82, 2.24) is 10.3 Å². The first-order valence-electron chi connectivity index (χ1n) is 7.58. The average Bonchev–Trinajstić information content (AvgIpc) is 2.46. The van der Waals surface area contributed by atoms with E-state index in [2.05, 4.69) is 49.3 Å². The third-order valence-corrected chi connectivity index (χ3v) is 3.51. The van der Waals surface area contributed by atoms with Gasteiger partial charge in [0.2, 0.25) is 5.88 Å². The molecule has 1 aromatic carbocycles. The van der Waals surface area contributed by atoms with E-state index in [1.54, 1.807) is 0 Å². The summed E-state index contributed by atoms with van der Waals surface area (Å²) in [5.74, 6) is 1.56. The summed E-state index contributed by atoms with van der Waals surface area (Å²) in [7, 11) is 0. The Bertz CT molecular complexity index is 608. The van der Waals surface area contributed by atoms with Crippen molar-refractivity contribution < 1.29 is 4.74 Å². The number of benzene rings is 1. The Morgan fingerprint density at radius 2 is 1.95 bits per heavy atom. The number of hydrogen-bond donors (Lipinski definition) is 1. The highest BCUT2D eigenvalue weighted by Crippen LogP contribution is 2.27. The van der Waals surface area contributed by atoms with E-state index in [-0.39, 0.29) is 0 Å². The average molecular weight is 284 g/mol. The fourth-order valence-corrected chi connectivity index (χ4v) is 2.32. The molecule has 21 heavy (non-hydrogen) atoms. The first-order valence-corrected chi connectivity index (χ1v) is 7.58. The molecule has 0 aliphatic heterocycles. The largest absolute Gasteiger partial charge is 0.439 e. The maximum Gasteiger partial charge on any atom is 0.224 e. The van der Waals surface area contributed by atoms with Crippen LogP contribution in [0.3, 0.4) is 0 Å². The normalized spacial score (nSPS) is 10.7. The van der Waals surface area contributed by atoms with Gasteiger partial charge >= 0.3 is 0 Å². The van der Waals surface area contributed by atoms with E-state index >= 15 is 0 Å². The minimum absolute atomic E-state index is 0.710. The topological polar surface area (TPSA) is 34.2 Å². The SMILES string of the molecule is CCNCc1c(C)cc(C)nc1Oc1cccc(CC)c1. The fourth-order valence-electron chi connectivity index (χ4n) is 2.32. The molecule has 2 rings (SSSR count). The minimum atomic E-state index is 0.710. The second-order valence-corrected chi connectivity index (χ2v) is 5.25. The monoisotopic (exact) mass is 284 g/mol. The lowest BCUT2D eigenvalue weighted by molar-refractivity contribution is 0.450. The van der Waals surface area contributed by atoms with Gasteiger partial charge in [-0.2, -0.15) is 0 Å². The summed E-state index contributed by atoms with van der Waals surface area (Å²) in [6.07, 6.45) is 1.00. The van der Waals surface area contributed by atoms with Gasteiger partial charge in [0.25, 0.3) is 0 Å². The summed E-state index contributed by atoms with van der Waals surface area (Å²) in [6, 6.07) is 10.3. The molecule has 0 amide bonds. The van der Waals surface area contributed by atoms with Gasteiger partial charge in [0.15, 0.2) is 0 Å². The number of aryl methyl sites for hydroxylation is 3. The summed E-state index contributed by atoms with van der Waals surface area (Å²) >= 11 is 0. The number of nitrogens with one attached hydrogen (secondary N) is 1. The van der Waals surface area contributed by atoms with Gasteiger partial charge in [-0.05, 0) is 56.1 Å². The zero-order chi connectivity index (χ0) is 15.2. The van der Waals surface area contributed by atoms with Crippen molar-refractivity contribution in [2.45, 2.75) is 40.7 Å². The smallest absolute Gasteiger partial charge is 0.224 e. The Labute approximate surface area is 127 Å². The van der Waals surface area contributed by atoms with Gasteiger partial charge in [-0.3, -0.25) is 0 Å². The number of nitrogens with zero attached hydrogens (tertiary/aromatic N) is 1. The predicted molar refractivity (Wildman–Crippen MR) is 87.0 cm³/mol. The summed E-state index contributed by atoms with van der Waals surface area (Å²) in [5.41, 5.74) is 4.59. The molecule has 0 aliphatic rings. The second kappa shape index (κ2) is 7.23. The Morgan fingerprint density at radius 3 is 2.67 bits per heavy atom. The number of pyridine rings is 1. The zero-order valence-electron chi connectivity index (χ0n) is 13.4. The molecule has 2 aromatic rings. The Hall–Kier alpha value is -1.87. The van der Waals surface area contributed by atoms with Gasteiger partial charge in [-0.1, -0.05) is 26.0 Å². The van der Waals surface area contributed by atoms with Crippen molar-refractivity contribution in [2.75, 3.05) is 6.54 Å². The van der Waals surface area contributed by atoms with Crippen LogP contribution in [-0.2, 0) is 13.0 Å². The van der Waals surface area contributed by atoms with Gasteiger partial charge in [0.05, 0.1) is 0 Å². The number of hydrogen-bond acceptors (Lipinski definition) is 3. The molecule has 1 aromatic heterocycles. The summed E-state index contributed by atoms with van der Waals surface area (Å²) in [6.45, 7) is 10.1. The van der Waals surface area contributed by atoms with Crippen LogP contribution in [0.15, 0.2) is 30.3 Å². The van der Waals surface area contributed by atoms with Crippen molar-refractivity contribution in [3.63, 3.8) is 0 Å². The number of aromatic nitrogens is 1. The van der Waals surface area contributed by atoms with Crippen LogP contribution in [0.25, 0.3) is 0 Å². The first kappa shape index (κ1) is 15.5. The van der Waals surface area contributed by atoms with E-state index < -0.39 is 0 Å². The fraction of sp³-hybridized carbons (Fsp3) is 0.389. The lowest BCUT2D eigenvalue weighted by atomic mass is 10.1. The zero-order valence-corrected chi connectivity index (χ0v) is 13.4. The molecule has 0 saturated heterocycles. The predicted octanol–water partition coefficient (Wildman–Crippen LogP) is 4.16. The van der Waals surface area contributed by atoms with Crippen molar-refractivity contribution in [2.24, 2.45) is 0 Å². The van der Waals surface area contributed by atoms with E-state index in [1.165, 1.54) is 11.1 Å². The van der Waals surface area contributed by atoms with Crippen LogP contribution in [0, 0.1) is 13.8 Å². The molecule has 1 N–H and O–H groups in total. The Morgan fingerprint density at radius 1 is 1.14 bits per heavy atom. The molecule has 3 nitrogen and oxygen atoms in total. The van der Waals surface area contributed by atoms with Crippen molar-refractivity contribution in [1.29, 1.82) is 0 Å². The highest BCUT2D eigenvalue weighted by Gasteiger charge is 2.11. The van der Waals surface area contributed by atoms with Gasteiger partial charge in [0, 0.05) is 17.8 Å². The van der Waals surface area contributed by atoms with Crippen LogP contribution >= 0.6 is 0 Å². The number of rotatable bonds is 6. The van der Waals surface area contributed by atoms with E-state index in [0.29, 0.717) is 5.88 Å². The van der Waals surface area contributed by atoms with Gasteiger partial charge in [0.1, 0.15) is 5.75 Å². The molecule has 0 radical (unpaired) electrons. The quantitative estimate of drug-likeness (QED) is 0.864.